The fourth-order valence-corrected chi connectivity index (χ4v) is 4.00. The van der Waals surface area contributed by atoms with Crippen molar-refractivity contribution >= 4 is 23.2 Å². The monoisotopic (exact) mass is 370 g/mol. The van der Waals surface area contributed by atoms with E-state index in [-0.39, 0.29) is 5.91 Å². The lowest BCUT2D eigenvalue weighted by Gasteiger charge is -2.37. The van der Waals surface area contributed by atoms with Crippen LogP contribution in [-0.4, -0.2) is 43.1 Å². The summed E-state index contributed by atoms with van der Waals surface area (Å²) in [4.78, 5) is 17.2. The maximum Gasteiger partial charge on any atom is 0.264 e. The zero-order valence-electron chi connectivity index (χ0n) is 15.2. The molecular weight excluding hydrogens is 348 g/mol. The summed E-state index contributed by atoms with van der Waals surface area (Å²) < 4.78 is 5.86. The minimum atomic E-state index is -0.421. The first-order valence-electron chi connectivity index (χ1n) is 9.08. The average Bonchev–Trinajstić information content (AvgIpc) is 3.07. The third-order valence-electron chi connectivity index (χ3n) is 5.48. The van der Waals surface area contributed by atoms with Gasteiger partial charge in [0.1, 0.15) is 5.75 Å². The van der Waals surface area contributed by atoms with Gasteiger partial charge in [0, 0.05) is 43.3 Å². The number of ether oxygens (including phenoxy) is 1. The zero-order valence-corrected chi connectivity index (χ0v) is 15.9. The smallest absolute Gasteiger partial charge is 0.264 e. The van der Waals surface area contributed by atoms with Crippen LogP contribution in [0.2, 0.25) is 5.02 Å². The highest BCUT2D eigenvalue weighted by molar-refractivity contribution is 6.30. The molecule has 4 nitrogen and oxygen atoms in total. The number of nitrogens with zero attached hydrogens (tertiary/aromatic N) is 2. The van der Waals surface area contributed by atoms with E-state index in [2.05, 4.69) is 36.9 Å². The molecule has 136 valence electrons. The van der Waals surface area contributed by atoms with Crippen molar-refractivity contribution in [1.29, 1.82) is 0 Å². The fourth-order valence-electron chi connectivity index (χ4n) is 3.80. The molecule has 2 aromatic carbocycles. The molecule has 2 aromatic rings. The number of carbonyl (C=O) groups excluding carboxylic acids is 1. The van der Waals surface area contributed by atoms with Gasteiger partial charge in [0.05, 0.1) is 0 Å². The van der Waals surface area contributed by atoms with E-state index in [4.69, 9.17) is 16.3 Å². The topological polar surface area (TPSA) is 32.8 Å². The second-order valence-electron chi connectivity index (χ2n) is 7.09. The molecule has 0 bridgehead atoms. The average molecular weight is 371 g/mol. The first kappa shape index (κ1) is 17.2. The number of aryl methyl sites for hydroxylation is 1. The van der Waals surface area contributed by atoms with Crippen LogP contribution in [-0.2, 0) is 11.2 Å². The van der Waals surface area contributed by atoms with E-state index < -0.39 is 6.10 Å². The van der Waals surface area contributed by atoms with Crippen LogP contribution in [0, 0.1) is 13.8 Å². The van der Waals surface area contributed by atoms with Gasteiger partial charge < -0.3 is 14.5 Å². The van der Waals surface area contributed by atoms with Gasteiger partial charge in [0.25, 0.3) is 5.91 Å². The predicted octanol–water partition coefficient (Wildman–Crippen LogP) is 3.61. The van der Waals surface area contributed by atoms with Crippen molar-refractivity contribution in [2.24, 2.45) is 0 Å². The van der Waals surface area contributed by atoms with Gasteiger partial charge in [0.2, 0.25) is 0 Å². The molecule has 0 aromatic heterocycles. The maximum atomic E-state index is 12.9. The van der Waals surface area contributed by atoms with Crippen LogP contribution >= 0.6 is 11.6 Å². The lowest BCUT2D eigenvalue weighted by Crippen LogP contribution is -2.52. The highest BCUT2D eigenvalue weighted by atomic mass is 35.5. The summed E-state index contributed by atoms with van der Waals surface area (Å²) in [7, 11) is 0. The lowest BCUT2D eigenvalue weighted by atomic mass is 10.1. The van der Waals surface area contributed by atoms with Crippen LogP contribution in [0.1, 0.15) is 16.7 Å². The van der Waals surface area contributed by atoms with Gasteiger partial charge in [-0.05, 0) is 54.8 Å². The number of benzene rings is 2. The van der Waals surface area contributed by atoms with E-state index in [1.807, 2.05) is 17.0 Å². The lowest BCUT2D eigenvalue weighted by molar-refractivity contribution is -0.138. The van der Waals surface area contributed by atoms with E-state index >= 15 is 0 Å². The fraction of sp³-hybridized carbons (Fsp3) is 0.381. The van der Waals surface area contributed by atoms with Crippen molar-refractivity contribution in [2.75, 3.05) is 31.1 Å². The summed E-state index contributed by atoms with van der Waals surface area (Å²) >= 11 is 6.04. The molecule has 1 atom stereocenters. The minimum Gasteiger partial charge on any atom is -0.480 e. The quantitative estimate of drug-likeness (QED) is 0.809. The molecule has 26 heavy (non-hydrogen) atoms. The Labute approximate surface area is 159 Å². The molecule has 0 N–H and O–H groups in total. The first-order valence-corrected chi connectivity index (χ1v) is 9.46. The predicted molar refractivity (Wildman–Crippen MR) is 104 cm³/mol. The van der Waals surface area contributed by atoms with Crippen molar-refractivity contribution < 1.29 is 9.53 Å². The Hall–Kier alpha value is -2.20. The Kier molecular flexibility index (Phi) is 4.53. The summed E-state index contributed by atoms with van der Waals surface area (Å²) in [5.74, 6) is 0.861. The van der Waals surface area contributed by atoms with Crippen molar-refractivity contribution in [3.8, 4) is 5.75 Å². The van der Waals surface area contributed by atoms with Crippen LogP contribution in [0.3, 0.4) is 0 Å². The SMILES string of the molecule is Cc1cccc(N2CCN(C(=O)[C@H]3Cc4cc(Cl)ccc4O3)CC2)c1C. The molecule has 2 aliphatic heterocycles. The van der Waals surface area contributed by atoms with Gasteiger partial charge in [-0.2, -0.15) is 0 Å². The number of anilines is 1. The number of halogens is 1. The number of piperazine rings is 1. The van der Waals surface area contributed by atoms with Gasteiger partial charge in [-0.3, -0.25) is 4.79 Å². The number of amides is 1. The summed E-state index contributed by atoms with van der Waals surface area (Å²) in [5, 5.41) is 0.683. The Bertz CT molecular complexity index is 844. The molecular formula is C21H23ClN2O2. The largest absolute Gasteiger partial charge is 0.480 e. The maximum absolute atomic E-state index is 12.9. The van der Waals surface area contributed by atoms with Crippen LogP contribution in [0.25, 0.3) is 0 Å². The molecule has 1 fully saturated rings. The highest BCUT2D eigenvalue weighted by Crippen LogP contribution is 2.32. The Balaban J connectivity index is 1.39. The first-order chi connectivity index (χ1) is 12.5. The zero-order chi connectivity index (χ0) is 18.3. The molecule has 5 heteroatoms. The molecule has 0 radical (unpaired) electrons. The van der Waals surface area contributed by atoms with Crippen molar-refractivity contribution in [2.45, 2.75) is 26.4 Å². The van der Waals surface area contributed by atoms with Gasteiger partial charge in [0.15, 0.2) is 6.10 Å². The Morgan fingerprint density at radius 3 is 2.65 bits per heavy atom. The molecule has 4 rings (SSSR count). The molecule has 0 aliphatic carbocycles. The second kappa shape index (κ2) is 6.84. The third-order valence-corrected chi connectivity index (χ3v) is 5.72. The number of rotatable bonds is 2. The van der Waals surface area contributed by atoms with Crippen molar-refractivity contribution in [1.82, 2.24) is 4.90 Å². The van der Waals surface area contributed by atoms with Crippen molar-refractivity contribution in [3.63, 3.8) is 0 Å². The van der Waals surface area contributed by atoms with Gasteiger partial charge >= 0.3 is 0 Å². The van der Waals surface area contributed by atoms with E-state index in [0.717, 1.165) is 37.5 Å². The second-order valence-corrected chi connectivity index (χ2v) is 7.53. The molecule has 2 heterocycles. The third kappa shape index (κ3) is 3.14. The van der Waals surface area contributed by atoms with Crippen LogP contribution in [0.15, 0.2) is 36.4 Å². The summed E-state index contributed by atoms with van der Waals surface area (Å²) in [5.41, 5.74) is 4.91. The summed E-state index contributed by atoms with van der Waals surface area (Å²) in [6.07, 6.45) is 0.182. The summed E-state index contributed by atoms with van der Waals surface area (Å²) in [6, 6.07) is 12.0. The standard InChI is InChI=1S/C21H23ClN2O2/c1-14-4-3-5-18(15(14)2)23-8-10-24(11-9-23)21(25)20-13-16-12-17(22)6-7-19(16)26-20/h3-7,12,20H,8-11,13H2,1-2H3/t20-/m1/s1. The van der Waals surface area contributed by atoms with E-state index in [0.29, 0.717) is 11.4 Å². The number of carbonyl (C=O) groups is 1. The molecule has 0 spiro atoms. The molecule has 0 saturated carbocycles. The van der Waals surface area contributed by atoms with E-state index in [1.165, 1.54) is 16.8 Å². The molecule has 1 amide bonds. The Morgan fingerprint density at radius 2 is 1.88 bits per heavy atom. The van der Waals surface area contributed by atoms with Crippen molar-refractivity contribution in [3.05, 3.63) is 58.1 Å². The normalized spacial score (nSPS) is 19.3. The molecule has 1 saturated heterocycles. The van der Waals surface area contributed by atoms with Crippen LogP contribution < -0.4 is 9.64 Å². The van der Waals surface area contributed by atoms with Crippen LogP contribution in [0.4, 0.5) is 5.69 Å². The van der Waals surface area contributed by atoms with Crippen LogP contribution in [0.5, 0.6) is 5.75 Å². The van der Waals surface area contributed by atoms with Gasteiger partial charge in [-0.25, -0.2) is 0 Å². The number of fused-ring (bicyclic) bond motifs is 1. The number of hydrogen-bond acceptors (Lipinski definition) is 3. The molecule has 2 aliphatic rings. The van der Waals surface area contributed by atoms with E-state index in [9.17, 15) is 4.79 Å². The minimum absolute atomic E-state index is 0.0814. The van der Waals surface area contributed by atoms with E-state index in [1.54, 1.807) is 6.07 Å². The van der Waals surface area contributed by atoms with Gasteiger partial charge in [-0.1, -0.05) is 23.7 Å². The molecule has 0 unspecified atom stereocenters. The Morgan fingerprint density at radius 1 is 1.12 bits per heavy atom. The number of hydrogen-bond donors (Lipinski definition) is 0. The van der Waals surface area contributed by atoms with Gasteiger partial charge in [-0.15, -0.1) is 0 Å². The highest BCUT2D eigenvalue weighted by Gasteiger charge is 2.34. The summed E-state index contributed by atoms with van der Waals surface area (Å²) in [6.45, 7) is 7.45.